The molecule has 23 heavy (non-hydrogen) atoms. The maximum Gasteiger partial charge on any atom is 0.406 e. The van der Waals surface area contributed by atoms with Gasteiger partial charge in [0.15, 0.2) is 5.82 Å². The van der Waals surface area contributed by atoms with Crippen LogP contribution >= 0.6 is 0 Å². The fourth-order valence-electron chi connectivity index (χ4n) is 2.03. The highest BCUT2D eigenvalue weighted by molar-refractivity contribution is 5.54. The number of nitro groups is 1. The van der Waals surface area contributed by atoms with E-state index < -0.39 is 4.92 Å². The summed E-state index contributed by atoms with van der Waals surface area (Å²) in [4.78, 5) is 18.3. The van der Waals surface area contributed by atoms with Crippen LogP contribution in [0.4, 0.5) is 16.0 Å². The summed E-state index contributed by atoms with van der Waals surface area (Å²) in [5.41, 5.74) is 0.667. The highest BCUT2D eigenvalue weighted by Crippen LogP contribution is 2.21. The lowest BCUT2D eigenvalue weighted by Crippen LogP contribution is -2.07. The van der Waals surface area contributed by atoms with Crippen molar-refractivity contribution >= 4 is 11.6 Å². The van der Waals surface area contributed by atoms with Crippen LogP contribution in [0.25, 0.3) is 11.4 Å². The summed E-state index contributed by atoms with van der Waals surface area (Å²) in [6.07, 6.45) is 1.35. The predicted octanol–water partition coefficient (Wildman–Crippen LogP) is 1.86. The molecule has 3 aromatic rings. The summed E-state index contributed by atoms with van der Waals surface area (Å²) in [7, 11) is 1.65. The van der Waals surface area contributed by atoms with Crippen LogP contribution < -0.4 is 5.32 Å². The zero-order chi connectivity index (χ0) is 16.4. The van der Waals surface area contributed by atoms with Crippen molar-refractivity contribution in [3.8, 4) is 11.4 Å². The molecule has 0 spiro atoms. The molecule has 2 aromatic heterocycles. The second kappa shape index (κ2) is 5.83. The molecule has 1 aromatic carbocycles. The Morgan fingerprint density at radius 2 is 2.13 bits per heavy atom. The van der Waals surface area contributed by atoms with Gasteiger partial charge in [0.25, 0.3) is 0 Å². The molecule has 9 nitrogen and oxygen atoms in total. The first-order chi connectivity index (χ1) is 11.0. The lowest BCUT2D eigenvalue weighted by molar-refractivity contribution is -0.388. The normalized spacial score (nSPS) is 10.7. The van der Waals surface area contributed by atoms with E-state index in [1.807, 2.05) is 0 Å². The molecule has 3 rings (SSSR count). The standard InChI is InChI=1S/C13H12FN7O2/c1-20-7-16-13(21(22)23)12(20)15-6-10-17-11(19-18-10)8-2-4-9(14)5-3-8/h2-5,7,15H,6H2,1H3,(H,17,18,19). The molecule has 10 heteroatoms. The quantitative estimate of drug-likeness (QED) is 0.548. The predicted molar refractivity (Wildman–Crippen MR) is 79.0 cm³/mol. The summed E-state index contributed by atoms with van der Waals surface area (Å²) in [6, 6.07) is 5.79. The largest absolute Gasteiger partial charge is 0.406 e. The van der Waals surface area contributed by atoms with Crippen LogP contribution in [0.1, 0.15) is 5.82 Å². The molecule has 2 N–H and O–H groups in total. The molecule has 0 saturated heterocycles. The van der Waals surface area contributed by atoms with Gasteiger partial charge in [0.1, 0.15) is 11.6 Å². The Bertz CT molecular complexity index is 840. The van der Waals surface area contributed by atoms with Gasteiger partial charge in [-0.3, -0.25) is 9.67 Å². The van der Waals surface area contributed by atoms with Crippen LogP contribution in [0.5, 0.6) is 0 Å². The summed E-state index contributed by atoms with van der Waals surface area (Å²) in [5, 5.41) is 20.6. The Hall–Kier alpha value is -3.30. The molecule has 0 fully saturated rings. The van der Waals surface area contributed by atoms with E-state index in [1.54, 1.807) is 19.2 Å². The maximum absolute atomic E-state index is 12.9. The number of aromatic amines is 1. The van der Waals surface area contributed by atoms with Gasteiger partial charge >= 0.3 is 5.82 Å². The number of halogens is 1. The lowest BCUT2D eigenvalue weighted by Gasteiger charge is -2.03. The number of hydrogen-bond acceptors (Lipinski definition) is 6. The molecule has 0 aliphatic rings. The average molecular weight is 317 g/mol. The van der Waals surface area contributed by atoms with Gasteiger partial charge in [-0.2, -0.15) is 5.10 Å². The number of aryl methyl sites for hydroxylation is 1. The smallest absolute Gasteiger partial charge is 0.358 e. The topological polar surface area (TPSA) is 115 Å². The minimum absolute atomic E-state index is 0.203. The molecular weight excluding hydrogens is 305 g/mol. The van der Waals surface area contributed by atoms with Crippen molar-refractivity contribution in [2.24, 2.45) is 7.05 Å². The Morgan fingerprint density at radius 1 is 1.39 bits per heavy atom. The third kappa shape index (κ3) is 3.00. The van der Waals surface area contributed by atoms with Gasteiger partial charge in [0.05, 0.1) is 6.54 Å². The summed E-state index contributed by atoms with van der Waals surface area (Å²) >= 11 is 0. The van der Waals surface area contributed by atoms with E-state index in [0.29, 0.717) is 17.2 Å². The highest BCUT2D eigenvalue weighted by atomic mass is 19.1. The number of benzene rings is 1. The Morgan fingerprint density at radius 3 is 2.83 bits per heavy atom. The fourth-order valence-corrected chi connectivity index (χ4v) is 2.03. The van der Waals surface area contributed by atoms with E-state index in [-0.39, 0.29) is 24.0 Å². The molecule has 2 heterocycles. The second-order valence-corrected chi connectivity index (χ2v) is 4.75. The maximum atomic E-state index is 12.9. The molecule has 0 saturated carbocycles. The third-order valence-corrected chi connectivity index (χ3v) is 3.15. The third-order valence-electron chi connectivity index (χ3n) is 3.15. The first-order valence-corrected chi connectivity index (χ1v) is 6.61. The number of rotatable bonds is 5. The fraction of sp³-hybridized carbons (Fsp3) is 0.154. The van der Waals surface area contributed by atoms with Gasteiger partial charge in [-0.05, 0) is 34.2 Å². The first-order valence-electron chi connectivity index (χ1n) is 6.61. The molecule has 0 amide bonds. The summed E-state index contributed by atoms with van der Waals surface area (Å²) in [6.45, 7) is 0.203. The van der Waals surface area contributed by atoms with Crippen molar-refractivity contribution in [1.82, 2.24) is 24.7 Å². The number of aromatic nitrogens is 5. The monoisotopic (exact) mass is 317 g/mol. The van der Waals surface area contributed by atoms with Gasteiger partial charge in [-0.25, -0.2) is 9.37 Å². The molecule has 0 aliphatic carbocycles. The van der Waals surface area contributed by atoms with Gasteiger partial charge in [-0.1, -0.05) is 0 Å². The minimum atomic E-state index is -0.563. The van der Waals surface area contributed by atoms with Crippen LogP contribution in [-0.4, -0.2) is 29.7 Å². The summed E-state index contributed by atoms with van der Waals surface area (Å²) in [5.74, 6) is 0.580. The van der Waals surface area contributed by atoms with E-state index in [4.69, 9.17) is 0 Å². The van der Waals surface area contributed by atoms with Crippen LogP contribution in [-0.2, 0) is 13.6 Å². The number of nitrogens with one attached hydrogen (secondary N) is 2. The molecular formula is C13H12FN7O2. The van der Waals surface area contributed by atoms with E-state index in [0.717, 1.165) is 0 Å². The Labute approximate surface area is 129 Å². The van der Waals surface area contributed by atoms with Crippen LogP contribution in [0.15, 0.2) is 30.6 Å². The Balaban J connectivity index is 1.74. The van der Waals surface area contributed by atoms with Crippen molar-refractivity contribution in [3.63, 3.8) is 0 Å². The van der Waals surface area contributed by atoms with Crippen LogP contribution in [0.3, 0.4) is 0 Å². The SMILES string of the molecule is Cn1cnc([N+](=O)[O-])c1NCc1nc(-c2ccc(F)cc2)n[nH]1. The van der Waals surface area contributed by atoms with Crippen molar-refractivity contribution in [2.75, 3.05) is 5.32 Å². The lowest BCUT2D eigenvalue weighted by atomic mass is 10.2. The van der Waals surface area contributed by atoms with Crippen molar-refractivity contribution in [1.29, 1.82) is 0 Å². The van der Waals surface area contributed by atoms with Gasteiger partial charge in [-0.15, -0.1) is 0 Å². The zero-order valence-corrected chi connectivity index (χ0v) is 12.0. The first kappa shape index (κ1) is 14.6. The number of nitrogens with zero attached hydrogens (tertiary/aromatic N) is 5. The van der Waals surface area contributed by atoms with E-state index in [1.165, 1.54) is 23.0 Å². The molecule has 118 valence electrons. The number of imidazole rings is 1. The summed E-state index contributed by atoms with van der Waals surface area (Å²) < 4.78 is 14.4. The van der Waals surface area contributed by atoms with E-state index >= 15 is 0 Å². The molecule has 0 atom stereocenters. The van der Waals surface area contributed by atoms with Gasteiger partial charge in [0, 0.05) is 12.6 Å². The molecule has 0 bridgehead atoms. The van der Waals surface area contributed by atoms with Gasteiger partial charge in [0.2, 0.25) is 12.1 Å². The van der Waals surface area contributed by atoms with E-state index in [2.05, 4.69) is 25.5 Å². The molecule has 0 aliphatic heterocycles. The average Bonchev–Trinajstić information content (AvgIpc) is 3.13. The van der Waals surface area contributed by atoms with E-state index in [9.17, 15) is 14.5 Å². The molecule has 0 unspecified atom stereocenters. The highest BCUT2D eigenvalue weighted by Gasteiger charge is 2.20. The van der Waals surface area contributed by atoms with Crippen molar-refractivity contribution in [3.05, 3.63) is 52.3 Å². The second-order valence-electron chi connectivity index (χ2n) is 4.75. The number of H-pyrrole nitrogens is 1. The zero-order valence-electron chi connectivity index (χ0n) is 12.0. The van der Waals surface area contributed by atoms with Crippen LogP contribution in [0, 0.1) is 15.9 Å². The number of anilines is 1. The Kier molecular flexibility index (Phi) is 3.71. The number of hydrogen-bond donors (Lipinski definition) is 2. The minimum Gasteiger partial charge on any atom is -0.358 e. The molecule has 0 radical (unpaired) electrons. The van der Waals surface area contributed by atoms with Crippen LogP contribution in [0.2, 0.25) is 0 Å². The van der Waals surface area contributed by atoms with Crippen molar-refractivity contribution < 1.29 is 9.31 Å². The van der Waals surface area contributed by atoms with Gasteiger partial charge < -0.3 is 15.4 Å². The van der Waals surface area contributed by atoms with Crippen molar-refractivity contribution in [2.45, 2.75) is 6.54 Å².